The van der Waals surface area contributed by atoms with E-state index in [9.17, 15) is 0 Å². The summed E-state index contributed by atoms with van der Waals surface area (Å²) in [6.07, 6.45) is 0. The monoisotopic (exact) mass is 195 g/mol. The average Bonchev–Trinajstić information content (AvgIpc) is 1.98. The normalized spacial score (nSPS) is 9.88. The Morgan fingerprint density at radius 3 is 2.50 bits per heavy atom. The molecule has 0 atom stereocenters. The van der Waals surface area contributed by atoms with Gasteiger partial charge in [0.15, 0.2) is 0 Å². The van der Waals surface area contributed by atoms with Crippen LogP contribution in [-0.4, -0.2) is 5.16 Å². The molecule has 8 heavy (non-hydrogen) atoms. The van der Waals surface area contributed by atoms with Gasteiger partial charge in [-0.2, -0.15) is 0 Å². The molecule has 0 saturated carbocycles. The van der Waals surface area contributed by atoms with Gasteiger partial charge < -0.3 is 4.52 Å². The summed E-state index contributed by atoms with van der Waals surface area (Å²) in [7, 11) is 0. The van der Waals surface area contributed by atoms with E-state index in [2.05, 4.69) is 25.6 Å². The maximum atomic E-state index is 5.59. The fraction of sp³-hybridized carbons (Fsp3) is 0.250. The quantitative estimate of drug-likeness (QED) is 0.637. The first-order valence-electron chi connectivity index (χ1n) is 1.99. The van der Waals surface area contributed by atoms with Crippen LogP contribution in [0.1, 0.15) is 5.69 Å². The van der Waals surface area contributed by atoms with E-state index >= 15 is 0 Å². The third-order valence-corrected chi connectivity index (χ3v) is 1.97. The molecule has 0 spiro atoms. The van der Waals surface area contributed by atoms with Crippen LogP contribution in [-0.2, 0) is 0 Å². The molecule has 0 radical (unpaired) electrons. The van der Waals surface area contributed by atoms with Gasteiger partial charge in [0.25, 0.3) is 0 Å². The third kappa shape index (κ3) is 0.880. The van der Waals surface area contributed by atoms with Crippen LogP contribution in [0, 0.1) is 6.92 Å². The number of rotatable bonds is 0. The topological polar surface area (TPSA) is 26.0 Å². The molecule has 44 valence electrons. The zero-order valence-corrected chi connectivity index (χ0v) is 6.45. The number of aryl methyl sites for hydroxylation is 1. The summed E-state index contributed by atoms with van der Waals surface area (Å²) < 4.78 is 5.13. The molecule has 1 rings (SSSR count). The first-order chi connectivity index (χ1) is 3.72. The zero-order chi connectivity index (χ0) is 6.15. The molecular formula is C4H3BrClNO. The van der Waals surface area contributed by atoms with Crippen LogP contribution in [0.15, 0.2) is 9.19 Å². The van der Waals surface area contributed by atoms with E-state index in [0.29, 0.717) is 15.4 Å². The highest BCUT2D eigenvalue weighted by molar-refractivity contribution is 9.10. The van der Waals surface area contributed by atoms with Crippen LogP contribution >= 0.6 is 27.5 Å². The van der Waals surface area contributed by atoms with Crippen LogP contribution in [0.3, 0.4) is 0 Å². The van der Waals surface area contributed by atoms with Gasteiger partial charge in [0.05, 0.1) is 0 Å². The molecule has 0 aromatic carbocycles. The summed E-state index contributed by atoms with van der Waals surface area (Å²) in [4.78, 5) is 0. The van der Waals surface area contributed by atoms with Gasteiger partial charge in [0, 0.05) is 0 Å². The predicted octanol–water partition coefficient (Wildman–Crippen LogP) is 2.40. The number of halogens is 2. The lowest BCUT2D eigenvalue weighted by Gasteiger charge is -1.75. The molecule has 0 unspecified atom stereocenters. The Hall–Kier alpha value is -0.0200. The molecule has 0 fully saturated rings. The van der Waals surface area contributed by atoms with Gasteiger partial charge >= 0.3 is 0 Å². The van der Waals surface area contributed by atoms with Crippen LogP contribution < -0.4 is 0 Å². The van der Waals surface area contributed by atoms with Crippen molar-refractivity contribution in [3.63, 3.8) is 0 Å². The van der Waals surface area contributed by atoms with Crippen molar-refractivity contribution in [2.24, 2.45) is 0 Å². The smallest absolute Gasteiger partial charge is 0.220 e. The summed E-state index contributed by atoms with van der Waals surface area (Å²) >= 11 is 8.64. The molecule has 4 heteroatoms. The van der Waals surface area contributed by atoms with Crippen molar-refractivity contribution in [2.75, 3.05) is 0 Å². The zero-order valence-electron chi connectivity index (χ0n) is 4.11. The van der Waals surface area contributed by atoms with Crippen molar-refractivity contribution in [3.05, 3.63) is 15.4 Å². The van der Waals surface area contributed by atoms with Crippen LogP contribution in [0.5, 0.6) is 0 Å². The van der Waals surface area contributed by atoms with E-state index in [-0.39, 0.29) is 0 Å². The van der Waals surface area contributed by atoms with Gasteiger partial charge in [0.2, 0.25) is 4.67 Å². The Morgan fingerprint density at radius 1 is 1.75 bits per heavy atom. The largest absolute Gasteiger partial charge is 0.347 e. The van der Waals surface area contributed by atoms with Gasteiger partial charge in [-0.25, -0.2) is 0 Å². The minimum absolute atomic E-state index is 0.497. The fourth-order valence-corrected chi connectivity index (χ4v) is 0.759. The molecular weight excluding hydrogens is 193 g/mol. The standard InChI is InChI=1S/C4H3BrClNO/c1-2-3(6)4(5)8-7-2/h1H3. The van der Waals surface area contributed by atoms with Crippen molar-refractivity contribution >= 4 is 27.5 Å². The second-order valence-electron chi connectivity index (χ2n) is 1.36. The molecule has 1 heterocycles. The Bertz CT molecular complexity index is 178. The van der Waals surface area contributed by atoms with E-state index in [0.717, 1.165) is 0 Å². The van der Waals surface area contributed by atoms with Gasteiger partial charge in [0.1, 0.15) is 10.7 Å². The van der Waals surface area contributed by atoms with Crippen molar-refractivity contribution in [3.8, 4) is 0 Å². The van der Waals surface area contributed by atoms with Crippen molar-refractivity contribution in [1.29, 1.82) is 0 Å². The maximum absolute atomic E-state index is 5.59. The predicted molar refractivity (Wildman–Crippen MR) is 34.0 cm³/mol. The van der Waals surface area contributed by atoms with Gasteiger partial charge in [-0.1, -0.05) is 16.8 Å². The van der Waals surface area contributed by atoms with E-state index in [1.165, 1.54) is 0 Å². The van der Waals surface area contributed by atoms with Crippen LogP contribution in [0.2, 0.25) is 5.02 Å². The minimum Gasteiger partial charge on any atom is -0.347 e. The van der Waals surface area contributed by atoms with Crippen molar-refractivity contribution in [1.82, 2.24) is 5.16 Å². The SMILES string of the molecule is Cc1noc(Br)c1Cl. The number of hydrogen-bond acceptors (Lipinski definition) is 2. The van der Waals surface area contributed by atoms with Gasteiger partial charge in [-0.15, -0.1) is 0 Å². The summed E-state index contributed by atoms with van der Waals surface area (Å²) in [6.45, 7) is 1.77. The molecule has 0 bridgehead atoms. The molecule has 1 aromatic rings. The summed E-state index contributed by atoms with van der Waals surface area (Å²) in [5.41, 5.74) is 0.707. The van der Waals surface area contributed by atoms with Crippen molar-refractivity contribution < 1.29 is 4.52 Å². The average molecular weight is 196 g/mol. The summed E-state index contributed by atoms with van der Waals surface area (Å²) in [6, 6.07) is 0. The lowest BCUT2D eigenvalue weighted by Crippen LogP contribution is -1.64. The molecule has 0 saturated heterocycles. The molecule has 2 nitrogen and oxygen atoms in total. The number of aromatic nitrogens is 1. The molecule has 0 N–H and O–H groups in total. The highest BCUT2D eigenvalue weighted by atomic mass is 79.9. The van der Waals surface area contributed by atoms with Gasteiger partial charge in [-0.3, -0.25) is 0 Å². The number of nitrogens with zero attached hydrogens (tertiary/aromatic N) is 1. The van der Waals surface area contributed by atoms with E-state index in [4.69, 9.17) is 11.6 Å². The summed E-state index contributed by atoms with van der Waals surface area (Å²) in [5, 5.41) is 4.11. The molecule has 0 aliphatic carbocycles. The maximum Gasteiger partial charge on any atom is 0.220 e. The molecule has 0 amide bonds. The lowest BCUT2D eigenvalue weighted by atomic mass is 10.5. The molecule has 0 aliphatic rings. The van der Waals surface area contributed by atoms with Gasteiger partial charge in [-0.05, 0) is 22.9 Å². The Labute approximate surface area is 59.9 Å². The minimum atomic E-state index is 0.497. The Morgan fingerprint density at radius 2 is 2.38 bits per heavy atom. The van der Waals surface area contributed by atoms with Crippen LogP contribution in [0.25, 0.3) is 0 Å². The number of hydrogen-bond donors (Lipinski definition) is 0. The lowest BCUT2D eigenvalue weighted by molar-refractivity contribution is 0.396. The second kappa shape index (κ2) is 2.07. The van der Waals surface area contributed by atoms with E-state index in [1.807, 2.05) is 0 Å². The van der Waals surface area contributed by atoms with E-state index < -0.39 is 0 Å². The highest BCUT2D eigenvalue weighted by Crippen LogP contribution is 2.24. The molecule has 0 aliphatic heterocycles. The van der Waals surface area contributed by atoms with E-state index in [1.54, 1.807) is 6.92 Å². The third-order valence-electron chi connectivity index (χ3n) is 0.753. The first-order valence-corrected chi connectivity index (χ1v) is 3.16. The van der Waals surface area contributed by atoms with Crippen LogP contribution in [0.4, 0.5) is 0 Å². The second-order valence-corrected chi connectivity index (χ2v) is 2.45. The highest BCUT2D eigenvalue weighted by Gasteiger charge is 2.04. The first kappa shape index (κ1) is 6.11. The summed E-state index contributed by atoms with van der Waals surface area (Å²) in [5.74, 6) is 0. The fourth-order valence-electron chi connectivity index (χ4n) is 0.331. The Kier molecular flexibility index (Phi) is 1.58. The van der Waals surface area contributed by atoms with Crippen molar-refractivity contribution in [2.45, 2.75) is 6.92 Å². The Balaban J connectivity index is 3.19. The molecule has 1 aromatic heterocycles.